The molecule has 1 aliphatic rings. The monoisotopic (exact) mass is 1020 g/mol. The van der Waals surface area contributed by atoms with Gasteiger partial charge in [0.2, 0.25) is 7.37 Å². The molecule has 2 unspecified atom stereocenters. The molecule has 1 fully saturated rings. The molecule has 0 saturated carbocycles. The quantitative estimate of drug-likeness (QED) is 0.0391. The summed E-state index contributed by atoms with van der Waals surface area (Å²) in [6.07, 6.45) is -5.39. The van der Waals surface area contributed by atoms with Crippen LogP contribution in [0.3, 0.4) is 0 Å². The van der Waals surface area contributed by atoms with Crippen LogP contribution in [0, 0.1) is 0 Å². The molecule has 0 N–H and O–H groups in total. The maximum Gasteiger partial charge on any atom is 0.350 e. The summed E-state index contributed by atoms with van der Waals surface area (Å²) in [5.74, 6) is -3.53. The van der Waals surface area contributed by atoms with Gasteiger partial charge in [-0.1, -0.05) is 97.1 Å². The van der Waals surface area contributed by atoms with Gasteiger partial charge in [0.05, 0.1) is 49.4 Å². The lowest BCUT2D eigenvalue weighted by atomic mass is 10.1. The van der Waals surface area contributed by atoms with E-state index in [2.05, 4.69) is 4.98 Å². The van der Waals surface area contributed by atoms with E-state index in [4.69, 9.17) is 45.9 Å². The second-order valence-electron chi connectivity index (χ2n) is 15.0. The fourth-order valence-corrected chi connectivity index (χ4v) is 17.0. The molecule has 1 saturated heterocycles. The number of benzene rings is 4. The van der Waals surface area contributed by atoms with Crippen LogP contribution in [-0.4, -0.2) is 86.2 Å². The zero-order chi connectivity index (χ0) is 48.8. The first kappa shape index (κ1) is 52.7. The Morgan fingerprint density at radius 1 is 0.603 bits per heavy atom. The average Bonchev–Trinajstić information content (AvgIpc) is 3.68. The lowest BCUT2D eigenvalue weighted by Gasteiger charge is -2.28. The maximum absolute atomic E-state index is 14.8. The first-order valence-electron chi connectivity index (χ1n) is 21.1. The topological polar surface area (TPSA) is 230 Å². The Bertz CT molecular complexity index is 2640. The Kier molecular flexibility index (Phi) is 18.8. The van der Waals surface area contributed by atoms with Gasteiger partial charge in [-0.25, -0.2) is 14.4 Å². The van der Waals surface area contributed by atoms with Crippen molar-refractivity contribution in [2.45, 2.75) is 50.8 Å². The molecule has 23 heteroatoms. The molecule has 0 aliphatic carbocycles. The highest BCUT2D eigenvalue weighted by Gasteiger charge is 2.53. The normalized spacial score (nSPS) is 19.1. The van der Waals surface area contributed by atoms with E-state index in [0.29, 0.717) is 11.1 Å². The molecule has 0 bridgehead atoms. The number of nitrogens with zero attached hydrogens (tertiary/aromatic N) is 2. The number of esters is 2. The minimum Gasteiger partial charge on any atom is -0.452 e. The summed E-state index contributed by atoms with van der Waals surface area (Å²) < 4.78 is 115. The van der Waals surface area contributed by atoms with Crippen molar-refractivity contribution in [3.63, 3.8) is 0 Å². The van der Waals surface area contributed by atoms with E-state index >= 15 is 0 Å². The number of hydrogen-bond acceptors (Lipinski definition) is 18. The summed E-state index contributed by atoms with van der Waals surface area (Å²) in [5.41, 5.74) is 0.562. The number of aromatic nitrogens is 2. The van der Waals surface area contributed by atoms with Crippen molar-refractivity contribution in [1.82, 2.24) is 9.55 Å². The van der Waals surface area contributed by atoms with Crippen LogP contribution in [0.2, 0.25) is 0 Å². The second kappa shape index (κ2) is 24.2. The zero-order valence-corrected chi connectivity index (χ0v) is 41.2. The minimum absolute atomic E-state index is 0.0290. The van der Waals surface area contributed by atoms with Crippen molar-refractivity contribution >= 4 is 42.1 Å². The maximum atomic E-state index is 14.8. The average molecular weight is 1020 g/mol. The van der Waals surface area contributed by atoms with Gasteiger partial charge in [-0.05, 0) is 48.4 Å². The molecule has 0 radical (unpaired) electrons. The predicted octanol–water partition coefficient (Wildman–Crippen LogP) is 9.29. The van der Waals surface area contributed by atoms with E-state index in [1.807, 2.05) is 0 Å². The van der Waals surface area contributed by atoms with Gasteiger partial charge < -0.3 is 45.9 Å². The van der Waals surface area contributed by atoms with E-state index in [1.165, 1.54) is 57.7 Å². The van der Waals surface area contributed by atoms with E-state index in [1.54, 1.807) is 97.1 Å². The Hall–Kier alpha value is -4.70. The fraction of sp³-hybridized carbons (Fsp3) is 0.333. The third-order valence-electron chi connectivity index (χ3n) is 10.3. The number of carbonyl (C=O) groups excluding carboxylic acids is 2. The molecule has 1 aliphatic heterocycles. The van der Waals surface area contributed by atoms with Crippen LogP contribution >= 0.6 is 30.2 Å². The summed E-state index contributed by atoms with van der Waals surface area (Å²) in [4.78, 5) is 45.3. The molecule has 0 spiro atoms. The molecule has 4 aromatic carbocycles. The Balaban J connectivity index is 1.32. The molecule has 6 rings (SSSR count). The van der Waals surface area contributed by atoms with Crippen LogP contribution < -0.4 is 5.69 Å². The van der Waals surface area contributed by atoms with Crippen LogP contribution in [-0.2, 0) is 83.5 Å². The van der Waals surface area contributed by atoms with Crippen LogP contribution in [0.5, 0.6) is 0 Å². The largest absolute Gasteiger partial charge is 0.452 e. The summed E-state index contributed by atoms with van der Waals surface area (Å²) in [7, 11) is -13.5. The van der Waals surface area contributed by atoms with Gasteiger partial charge in [0.15, 0.2) is 18.4 Å². The van der Waals surface area contributed by atoms with Crippen LogP contribution in [0.25, 0.3) is 0 Å². The summed E-state index contributed by atoms with van der Waals surface area (Å²) >= 11 is 0. The predicted molar refractivity (Wildman–Crippen MR) is 249 cm³/mol. The molecule has 6 atom stereocenters. The van der Waals surface area contributed by atoms with Crippen LogP contribution in [0.1, 0.15) is 50.7 Å². The Morgan fingerprint density at radius 3 is 1.54 bits per heavy atom. The lowest BCUT2D eigenvalue weighted by molar-refractivity contribution is -0.0587. The van der Waals surface area contributed by atoms with Crippen molar-refractivity contribution in [1.29, 1.82) is 0 Å². The van der Waals surface area contributed by atoms with Crippen molar-refractivity contribution in [2.75, 3.05) is 46.3 Å². The van der Waals surface area contributed by atoms with Crippen LogP contribution in [0.4, 0.5) is 0 Å². The highest BCUT2D eigenvalue weighted by Crippen LogP contribution is 2.70. The smallest absolute Gasteiger partial charge is 0.350 e. The number of hydrogen-bond donors (Lipinski definition) is 0. The Morgan fingerprint density at radius 2 is 1.07 bits per heavy atom. The summed E-state index contributed by atoms with van der Waals surface area (Å²) in [5, 5.41) is 0. The van der Waals surface area contributed by atoms with Crippen molar-refractivity contribution in [3.8, 4) is 0 Å². The highest BCUT2D eigenvalue weighted by molar-refractivity contribution is 7.80. The highest BCUT2D eigenvalue weighted by atomic mass is 31.3. The first-order chi connectivity index (χ1) is 32.6. The van der Waals surface area contributed by atoms with Crippen molar-refractivity contribution < 1.29 is 73.7 Å². The minimum atomic E-state index is -4.57. The van der Waals surface area contributed by atoms with Crippen molar-refractivity contribution in [3.05, 3.63) is 172 Å². The summed E-state index contributed by atoms with van der Waals surface area (Å²) in [6, 6.07) is 34.7. The molecule has 5 aromatic rings. The van der Waals surface area contributed by atoms with E-state index in [-0.39, 0.29) is 42.8 Å². The molecule has 1 aromatic heterocycles. The number of carbonyl (C=O) groups is 2. The standard InChI is InChI=1S/C45H52N2O17P4/c1-5-58-65(51,33-68(54,59-28-34-18-10-6-11-19-34)60-29-35-20-12-7-13-21-35)32-67(53,57-4)61-30-39-40(63-43(48)36-22-14-8-15-23-36)41(64-44(49)37-24-16-9-17-25-37)42(62-39)47-27-26-38(46-45(47)50)31-66(52,55-2)56-3/h6-27,39-42H,5,28-33H2,1-4H3/t39-,40-,41-,42-,65?,67?/m1/s1. The molecule has 68 heavy (non-hydrogen) atoms. The number of rotatable bonds is 25. The zero-order valence-electron chi connectivity index (χ0n) is 37.6. The number of ether oxygens (including phenoxy) is 3. The van der Waals surface area contributed by atoms with Gasteiger partial charge in [0, 0.05) is 27.5 Å². The van der Waals surface area contributed by atoms with Crippen molar-refractivity contribution in [2.24, 2.45) is 0 Å². The fourth-order valence-electron chi connectivity index (χ4n) is 6.84. The van der Waals surface area contributed by atoms with E-state index < -0.39 is 90.7 Å². The molecule has 0 amide bonds. The SMILES string of the molecule is CCOP(=O)(CP(=O)(OC)OC[C@H]1O[C@@H](n2ccc(CP(=O)(OC)OC)nc2=O)[C@H](OC(=O)c2ccccc2)[C@@H]1OC(=O)c1ccccc1)CP(=O)(OCc1ccccc1)OCc1ccccc1. The van der Waals surface area contributed by atoms with Crippen LogP contribution in [0.15, 0.2) is 138 Å². The molecular formula is C45H52N2O17P4. The third-order valence-corrected chi connectivity index (χ3v) is 21.2. The van der Waals surface area contributed by atoms with Gasteiger partial charge >= 0.3 is 40.4 Å². The third kappa shape index (κ3) is 14.4. The van der Waals surface area contributed by atoms with Gasteiger partial charge in [0.1, 0.15) is 17.9 Å². The van der Waals surface area contributed by atoms with E-state index in [0.717, 1.165) is 11.7 Å². The lowest BCUT2D eigenvalue weighted by Crippen LogP contribution is -2.42. The Labute approximate surface area is 393 Å². The van der Waals surface area contributed by atoms with Gasteiger partial charge in [-0.15, -0.1) is 0 Å². The molecule has 19 nitrogen and oxygen atoms in total. The van der Waals surface area contributed by atoms with Gasteiger partial charge in [0.25, 0.3) is 0 Å². The summed E-state index contributed by atoms with van der Waals surface area (Å²) in [6.45, 7) is 0.252. The van der Waals surface area contributed by atoms with Gasteiger partial charge in [-0.2, -0.15) is 4.98 Å². The van der Waals surface area contributed by atoms with Gasteiger partial charge in [-0.3, -0.25) is 22.8 Å². The molecule has 364 valence electrons. The van der Waals surface area contributed by atoms with E-state index in [9.17, 15) is 32.6 Å². The second-order valence-corrected chi connectivity index (χ2v) is 25.0. The first-order valence-corrected chi connectivity index (χ1v) is 28.2. The molecular weight excluding hydrogens is 964 g/mol. The molecule has 2 heterocycles.